The number of hydrogen-bond donors (Lipinski definition) is 1. The molecule has 0 fully saturated rings. The van der Waals surface area contributed by atoms with Gasteiger partial charge in [0.05, 0.1) is 4.90 Å². The molecule has 2 nitrogen and oxygen atoms in total. The molecule has 0 aliphatic carbocycles. The van der Waals surface area contributed by atoms with Gasteiger partial charge in [-0.15, -0.1) is 0 Å². The minimum atomic E-state index is -1.95. The quantitative estimate of drug-likeness (QED) is 0.289. The van der Waals surface area contributed by atoms with Crippen LogP contribution in [0.2, 0.25) is 0 Å². The second kappa shape index (κ2) is 6.31. The van der Waals surface area contributed by atoms with Crippen molar-refractivity contribution in [3.8, 4) is 11.1 Å². The molecule has 5 aromatic carbocycles. The van der Waals surface area contributed by atoms with E-state index < -0.39 is 11.1 Å². The lowest BCUT2D eigenvalue weighted by molar-refractivity contribution is 0.564. The van der Waals surface area contributed by atoms with Crippen molar-refractivity contribution in [3.63, 3.8) is 0 Å². The van der Waals surface area contributed by atoms with Gasteiger partial charge in [-0.2, -0.15) is 0 Å². The average molecular weight is 368 g/mol. The van der Waals surface area contributed by atoms with Crippen molar-refractivity contribution in [1.29, 1.82) is 0 Å². The van der Waals surface area contributed by atoms with E-state index in [1.165, 1.54) is 32.3 Å². The number of rotatable bonds is 2. The van der Waals surface area contributed by atoms with Crippen molar-refractivity contribution >= 4 is 43.4 Å². The van der Waals surface area contributed by atoms with Gasteiger partial charge < -0.3 is 4.55 Å². The summed E-state index contributed by atoms with van der Waals surface area (Å²) >= 11 is -1.95. The molecule has 0 spiro atoms. The van der Waals surface area contributed by atoms with Crippen LogP contribution in [0.4, 0.5) is 0 Å². The van der Waals surface area contributed by atoms with Crippen molar-refractivity contribution in [1.82, 2.24) is 0 Å². The summed E-state index contributed by atoms with van der Waals surface area (Å²) in [5.41, 5.74) is 2.13. The van der Waals surface area contributed by atoms with Crippen LogP contribution < -0.4 is 0 Å². The second-order valence-electron chi connectivity index (χ2n) is 6.63. The summed E-state index contributed by atoms with van der Waals surface area (Å²) in [6.45, 7) is 0. The third-order valence-electron chi connectivity index (χ3n) is 5.13. The fraction of sp³-hybridized carbons (Fsp3) is 0. The van der Waals surface area contributed by atoms with Crippen LogP contribution in [0, 0.1) is 0 Å². The molecule has 0 amide bonds. The van der Waals surface area contributed by atoms with Crippen molar-refractivity contribution < 1.29 is 8.76 Å². The summed E-state index contributed by atoms with van der Waals surface area (Å²) in [6, 6.07) is 30.7. The van der Waals surface area contributed by atoms with Crippen LogP contribution >= 0.6 is 0 Å². The molecule has 1 N–H and O–H groups in total. The summed E-state index contributed by atoms with van der Waals surface area (Å²) in [7, 11) is 0. The van der Waals surface area contributed by atoms with Crippen LogP contribution in [-0.2, 0) is 11.1 Å². The molecule has 5 rings (SSSR count). The van der Waals surface area contributed by atoms with Gasteiger partial charge in [0.1, 0.15) is 0 Å². The first kappa shape index (κ1) is 16.2. The Balaban J connectivity index is 1.82. The van der Waals surface area contributed by atoms with E-state index in [9.17, 15) is 8.76 Å². The van der Waals surface area contributed by atoms with E-state index in [0.29, 0.717) is 4.90 Å². The van der Waals surface area contributed by atoms with Crippen molar-refractivity contribution in [2.24, 2.45) is 0 Å². The Bertz CT molecular complexity index is 1300. The average Bonchev–Trinajstić information content (AvgIpc) is 2.73. The Labute approximate surface area is 159 Å². The minimum Gasteiger partial charge on any atom is -0.302 e. The van der Waals surface area contributed by atoms with Crippen molar-refractivity contribution in [3.05, 3.63) is 91.0 Å². The molecule has 0 bridgehead atoms. The summed E-state index contributed by atoms with van der Waals surface area (Å²) in [4.78, 5) is 0.413. The summed E-state index contributed by atoms with van der Waals surface area (Å²) < 4.78 is 20.4. The first-order valence-electron chi connectivity index (χ1n) is 8.77. The summed E-state index contributed by atoms with van der Waals surface area (Å²) in [5, 5.41) is 7.47. The van der Waals surface area contributed by atoms with E-state index in [2.05, 4.69) is 66.7 Å². The molecule has 0 saturated heterocycles. The second-order valence-corrected chi connectivity index (χ2v) is 7.59. The van der Waals surface area contributed by atoms with Crippen LogP contribution in [-0.4, -0.2) is 8.76 Å². The maximum atomic E-state index is 11.2. The molecular weight excluding hydrogens is 352 g/mol. The molecule has 0 radical (unpaired) electrons. The van der Waals surface area contributed by atoms with Gasteiger partial charge >= 0.3 is 0 Å². The third kappa shape index (κ3) is 2.64. The highest BCUT2D eigenvalue weighted by molar-refractivity contribution is 7.79. The topological polar surface area (TPSA) is 37.3 Å². The van der Waals surface area contributed by atoms with Gasteiger partial charge in [0.15, 0.2) is 11.1 Å². The number of fused-ring (bicyclic) bond motifs is 6. The highest BCUT2D eigenvalue weighted by Crippen LogP contribution is 2.36. The van der Waals surface area contributed by atoms with Crippen LogP contribution in [0.5, 0.6) is 0 Å². The molecule has 5 aromatic rings. The molecular formula is C24H16O2S. The van der Waals surface area contributed by atoms with E-state index >= 15 is 0 Å². The fourth-order valence-corrected chi connectivity index (χ4v) is 4.22. The van der Waals surface area contributed by atoms with E-state index in [1.807, 2.05) is 12.1 Å². The zero-order chi connectivity index (χ0) is 18.4. The standard InChI is InChI=1S/C24H16O2S/c25-27(26)18-12-9-16(10-13-18)17-11-14-23-21-7-2-1-5-19(21)20-6-3-4-8-22(20)24(23)15-17/h1-15H,(H,25,26). The Morgan fingerprint density at radius 3 is 1.48 bits per heavy atom. The van der Waals surface area contributed by atoms with Crippen LogP contribution in [0.1, 0.15) is 0 Å². The van der Waals surface area contributed by atoms with Gasteiger partial charge in [-0.3, -0.25) is 0 Å². The van der Waals surface area contributed by atoms with Crippen molar-refractivity contribution in [2.75, 3.05) is 0 Å². The maximum Gasteiger partial charge on any atom is 0.186 e. The molecule has 0 aliphatic heterocycles. The largest absolute Gasteiger partial charge is 0.302 e. The van der Waals surface area contributed by atoms with Gasteiger partial charge in [-0.25, -0.2) is 4.21 Å². The molecule has 0 aromatic heterocycles. The predicted octanol–water partition coefficient (Wildman–Crippen LogP) is 6.39. The zero-order valence-corrected chi connectivity index (χ0v) is 15.2. The highest BCUT2D eigenvalue weighted by Gasteiger charge is 2.09. The Morgan fingerprint density at radius 1 is 0.519 bits per heavy atom. The van der Waals surface area contributed by atoms with Crippen LogP contribution in [0.3, 0.4) is 0 Å². The molecule has 0 saturated carbocycles. The fourth-order valence-electron chi connectivity index (χ4n) is 3.85. The molecule has 0 heterocycles. The minimum absolute atomic E-state index is 0.413. The number of hydrogen-bond acceptors (Lipinski definition) is 1. The molecule has 0 aliphatic rings. The third-order valence-corrected chi connectivity index (χ3v) is 5.81. The van der Waals surface area contributed by atoms with E-state index in [4.69, 9.17) is 0 Å². The van der Waals surface area contributed by atoms with Crippen LogP contribution in [0.25, 0.3) is 43.4 Å². The Hall–Kier alpha value is -3.01. The first-order chi connectivity index (χ1) is 13.2. The first-order valence-corrected chi connectivity index (χ1v) is 9.87. The van der Waals surface area contributed by atoms with Crippen molar-refractivity contribution in [2.45, 2.75) is 4.90 Å². The lowest BCUT2D eigenvalue weighted by Crippen LogP contribution is -1.88. The molecule has 130 valence electrons. The zero-order valence-electron chi connectivity index (χ0n) is 14.4. The normalized spacial score (nSPS) is 12.6. The van der Waals surface area contributed by atoms with Gasteiger partial charge in [-0.1, -0.05) is 72.8 Å². The summed E-state index contributed by atoms with van der Waals surface area (Å²) in [5.74, 6) is 0. The van der Waals surface area contributed by atoms with Gasteiger partial charge in [0, 0.05) is 0 Å². The Kier molecular flexibility index (Phi) is 3.78. The van der Waals surface area contributed by atoms with E-state index in [1.54, 1.807) is 12.1 Å². The lowest BCUT2D eigenvalue weighted by atomic mass is 9.92. The number of benzene rings is 5. The molecule has 1 unspecified atom stereocenters. The SMILES string of the molecule is O=S(O)c1ccc(-c2ccc3c4ccccc4c4ccccc4c3c2)cc1. The summed E-state index contributed by atoms with van der Waals surface area (Å²) in [6.07, 6.45) is 0. The Morgan fingerprint density at radius 2 is 0.963 bits per heavy atom. The monoisotopic (exact) mass is 368 g/mol. The van der Waals surface area contributed by atoms with E-state index in [-0.39, 0.29) is 0 Å². The molecule has 1 atom stereocenters. The maximum absolute atomic E-state index is 11.2. The lowest BCUT2D eigenvalue weighted by Gasteiger charge is -2.12. The van der Waals surface area contributed by atoms with Gasteiger partial charge in [-0.05, 0) is 61.6 Å². The molecule has 3 heteroatoms. The predicted molar refractivity (Wildman–Crippen MR) is 113 cm³/mol. The van der Waals surface area contributed by atoms with Gasteiger partial charge in [0.25, 0.3) is 0 Å². The van der Waals surface area contributed by atoms with Crippen LogP contribution in [0.15, 0.2) is 95.9 Å². The molecule has 27 heavy (non-hydrogen) atoms. The highest BCUT2D eigenvalue weighted by atomic mass is 32.2. The van der Waals surface area contributed by atoms with Gasteiger partial charge in [0.2, 0.25) is 0 Å². The van der Waals surface area contributed by atoms with E-state index in [0.717, 1.165) is 11.1 Å². The smallest absolute Gasteiger partial charge is 0.186 e.